The molecule has 2 N–H and O–H groups in total. The first kappa shape index (κ1) is 14.9. The van der Waals surface area contributed by atoms with Crippen molar-refractivity contribution in [2.24, 2.45) is 0 Å². The van der Waals surface area contributed by atoms with Crippen LogP contribution in [0.2, 0.25) is 10.0 Å². The van der Waals surface area contributed by atoms with E-state index in [0.717, 1.165) is 13.1 Å². The van der Waals surface area contributed by atoms with Gasteiger partial charge < -0.3 is 5.73 Å². The van der Waals surface area contributed by atoms with Gasteiger partial charge in [0, 0.05) is 22.3 Å². The Morgan fingerprint density at radius 2 is 1.80 bits per heavy atom. The van der Waals surface area contributed by atoms with E-state index in [0.29, 0.717) is 0 Å². The number of nitrogens with two attached hydrogens (primary N) is 1. The molecule has 1 aromatic heterocycles. The largest absolute Gasteiger partial charge is 0.395 e. The summed E-state index contributed by atoms with van der Waals surface area (Å²) in [5.74, 6) is -1.93. The highest BCUT2D eigenvalue weighted by atomic mass is 35.5. The Morgan fingerprint density at radius 3 is 2.40 bits per heavy atom. The number of benzene rings is 1. The predicted molar refractivity (Wildman–Crippen MR) is 73.5 cm³/mol. The Kier molecular flexibility index (Phi) is 4.11. The lowest BCUT2D eigenvalue weighted by atomic mass is 10.0. The molecule has 1 atom stereocenters. The molecule has 0 radical (unpaired) electrons. The van der Waals surface area contributed by atoms with Gasteiger partial charge in [0.05, 0.1) is 10.7 Å². The highest BCUT2D eigenvalue weighted by molar-refractivity contribution is 6.33. The third-order valence-electron chi connectivity index (χ3n) is 2.79. The summed E-state index contributed by atoms with van der Waals surface area (Å²) in [6.45, 7) is 1.13. The van der Waals surface area contributed by atoms with Gasteiger partial charge in [-0.2, -0.15) is 0 Å². The normalized spacial score (nSPS) is 12.5. The first-order valence-corrected chi connectivity index (χ1v) is 6.32. The summed E-state index contributed by atoms with van der Waals surface area (Å²) in [7, 11) is 0. The fraction of sp³-hybridized carbons (Fsp3) is 0.154. The van der Waals surface area contributed by atoms with Gasteiger partial charge in [-0.1, -0.05) is 23.2 Å². The van der Waals surface area contributed by atoms with Gasteiger partial charge in [0.2, 0.25) is 0 Å². The van der Waals surface area contributed by atoms with Gasteiger partial charge in [-0.25, -0.2) is 13.2 Å². The summed E-state index contributed by atoms with van der Waals surface area (Å²) in [5, 5.41) is -0.164. The fourth-order valence-corrected chi connectivity index (χ4v) is 2.21. The number of alkyl halides is 1. The average molecular weight is 321 g/mol. The molecule has 20 heavy (non-hydrogen) atoms. The van der Waals surface area contributed by atoms with Crippen molar-refractivity contribution >= 4 is 28.9 Å². The molecular weight excluding hydrogens is 312 g/mol. The van der Waals surface area contributed by atoms with Crippen molar-refractivity contribution < 1.29 is 13.2 Å². The van der Waals surface area contributed by atoms with Crippen molar-refractivity contribution in [2.75, 3.05) is 5.73 Å². The Balaban J connectivity index is 2.72. The molecule has 1 aromatic carbocycles. The van der Waals surface area contributed by atoms with Crippen LogP contribution in [0.4, 0.5) is 18.9 Å². The number of aromatic nitrogens is 1. The van der Waals surface area contributed by atoms with E-state index in [1.165, 1.54) is 12.1 Å². The molecule has 0 saturated carbocycles. The van der Waals surface area contributed by atoms with Gasteiger partial charge in [-0.15, -0.1) is 0 Å². The third-order valence-corrected chi connectivity index (χ3v) is 3.42. The maximum Gasteiger partial charge on any atom is 0.173 e. The first-order chi connectivity index (χ1) is 9.34. The number of nitrogen functional groups attached to an aromatic ring is 1. The standard InChI is InChI=1S/C13H9Cl2F3N2/c1-5(16)9-7(14)3-2-6(10(9)17)13-11(18)12(19)8(15)4-20-13/h2-5H,1H3,(H2,19,20). The summed E-state index contributed by atoms with van der Waals surface area (Å²) >= 11 is 11.4. The van der Waals surface area contributed by atoms with Crippen LogP contribution in [-0.2, 0) is 0 Å². The van der Waals surface area contributed by atoms with E-state index in [2.05, 4.69) is 4.98 Å². The number of rotatable bonds is 2. The second-order valence-electron chi connectivity index (χ2n) is 4.12. The number of nitrogens with zero attached hydrogens (tertiary/aromatic N) is 1. The zero-order valence-electron chi connectivity index (χ0n) is 10.2. The molecule has 106 valence electrons. The number of anilines is 1. The molecule has 0 aliphatic rings. The second-order valence-corrected chi connectivity index (χ2v) is 4.94. The van der Waals surface area contributed by atoms with Crippen molar-refractivity contribution in [2.45, 2.75) is 13.1 Å². The van der Waals surface area contributed by atoms with Crippen LogP contribution in [0.15, 0.2) is 18.3 Å². The molecule has 1 heterocycles. The van der Waals surface area contributed by atoms with Gasteiger partial charge in [0.15, 0.2) is 5.82 Å². The van der Waals surface area contributed by atoms with Gasteiger partial charge in [0.1, 0.15) is 17.7 Å². The van der Waals surface area contributed by atoms with Crippen molar-refractivity contribution in [3.05, 3.63) is 45.6 Å². The molecule has 2 nitrogen and oxygen atoms in total. The van der Waals surface area contributed by atoms with Crippen LogP contribution in [-0.4, -0.2) is 4.98 Å². The Labute approximate surface area is 123 Å². The van der Waals surface area contributed by atoms with Crippen LogP contribution >= 0.6 is 23.2 Å². The van der Waals surface area contributed by atoms with E-state index in [1.807, 2.05) is 0 Å². The van der Waals surface area contributed by atoms with E-state index < -0.39 is 17.8 Å². The van der Waals surface area contributed by atoms with E-state index >= 15 is 0 Å². The van der Waals surface area contributed by atoms with Crippen molar-refractivity contribution in [3.8, 4) is 11.3 Å². The smallest absolute Gasteiger partial charge is 0.173 e. The van der Waals surface area contributed by atoms with Gasteiger partial charge >= 0.3 is 0 Å². The van der Waals surface area contributed by atoms with Gasteiger partial charge in [0.25, 0.3) is 0 Å². The van der Waals surface area contributed by atoms with Crippen molar-refractivity contribution in [1.29, 1.82) is 0 Å². The Bertz CT molecular complexity index is 675. The highest BCUT2D eigenvalue weighted by Gasteiger charge is 2.22. The lowest BCUT2D eigenvalue weighted by Gasteiger charge is -2.12. The van der Waals surface area contributed by atoms with Crippen LogP contribution in [0.5, 0.6) is 0 Å². The van der Waals surface area contributed by atoms with E-state index in [1.54, 1.807) is 0 Å². The zero-order valence-corrected chi connectivity index (χ0v) is 11.7. The molecule has 2 aromatic rings. The summed E-state index contributed by atoms with van der Waals surface area (Å²) in [6, 6.07) is 2.49. The minimum Gasteiger partial charge on any atom is -0.395 e. The second kappa shape index (κ2) is 5.50. The summed E-state index contributed by atoms with van der Waals surface area (Å²) in [4.78, 5) is 3.71. The van der Waals surface area contributed by atoms with E-state index in [-0.39, 0.29) is 32.6 Å². The maximum atomic E-state index is 14.3. The van der Waals surface area contributed by atoms with Gasteiger partial charge in [-0.05, 0) is 19.1 Å². The number of pyridine rings is 1. The molecular formula is C13H9Cl2F3N2. The monoisotopic (exact) mass is 320 g/mol. The molecule has 0 spiro atoms. The summed E-state index contributed by atoms with van der Waals surface area (Å²) < 4.78 is 41.7. The summed E-state index contributed by atoms with van der Waals surface area (Å²) in [5.41, 5.74) is 4.16. The summed E-state index contributed by atoms with van der Waals surface area (Å²) in [6.07, 6.45) is -0.544. The van der Waals surface area contributed by atoms with Crippen LogP contribution in [0.3, 0.4) is 0 Å². The van der Waals surface area contributed by atoms with Gasteiger partial charge in [-0.3, -0.25) is 4.98 Å². The topological polar surface area (TPSA) is 38.9 Å². The van der Waals surface area contributed by atoms with Crippen LogP contribution < -0.4 is 5.73 Å². The van der Waals surface area contributed by atoms with Crippen molar-refractivity contribution in [1.82, 2.24) is 4.98 Å². The Hall–Kier alpha value is -1.46. The molecule has 0 bridgehead atoms. The molecule has 0 saturated heterocycles. The zero-order chi connectivity index (χ0) is 15.0. The molecule has 0 amide bonds. The number of hydrogen-bond donors (Lipinski definition) is 1. The Morgan fingerprint density at radius 1 is 1.15 bits per heavy atom. The molecule has 7 heteroatoms. The lowest BCUT2D eigenvalue weighted by Crippen LogP contribution is -2.02. The first-order valence-electron chi connectivity index (χ1n) is 5.56. The highest BCUT2D eigenvalue weighted by Crippen LogP contribution is 2.36. The predicted octanol–water partition coefficient (Wildman–Crippen LogP) is 4.95. The minimum absolute atomic E-state index is 0.0800. The quantitative estimate of drug-likeness (QED) is 0.850. The van der Waals surface area contributed by atoms with Crippen LogP contribution in [0.1, 0.15) is 18.7 Å². The van der Waals surface area contributed by atoms with E-state index in [4.69, 9.17) is 28.9 Å². The maximum absolute atomic E-state index is 14.3. The SMILES string of the molecule is CC(F)c1c(Cl)ccc(-c2ncc(Cl)c(N)c2F)c1F. The van der Waals surface area contributed by atoms with Crippen LogP contribution in [0, 0.1) is 11.6 Å². The lowest BCUT2D eigenvalue weighted by molar-refractivity contribution is 0.362. The average Bonchev–Trinajstić information content (AvgIpc) is 2.37. The minimum atomic E-state index is -1.64. The molecule has 1 unspecified atom stereocenters. The van der Waals surface area contributed by atoms with Crippen LogP contribution in [0.25, 0.3) is 11.3 Å². The fourth-order valence-electron chi connectivity index (χ4n) is 1.78. The molecule has 0 fully saturated rings. The van der Waals surface area contributed by atoms with Crippen molar-refractivity contribution in [3.63, 3.8) is 0 Å². The number of halogens is 5. The molecule has 0 aliphatic carbocycles. The van der Waals surface area contributed by atoms with E-state index in [9.17, 15) is 13.2 Å². The molecule has 0 aliphatic heterocycles. The third kappa shape index (κ3) is 2.43. The number of hydrogen-bond acceptors (Lipinski definition) is 2. The molecule has 2 rings (SSSR count).